The van der Waals surface area contributed by atoms with Gasteiger partial charge in [0.1, 0.15) is 10.7 Å². The molecule has 1 fully saturated rings. The van der Waals surface area contributed by atoms with Crippen LogP contribution >= 0.6 is 23.5 Å². The summed E-state index contributed by atoms with van der Waals surface area (Å²) in [6.45, 7) is 0. The van der Waals surface area contributed by atoms with Gasteiger partial charge in [0.15, 0.2) is 5.17 Å². The van der Waals surface area contributed by atoms with Crippen LogP contribution in [0.4, 0.5) is 30.2 Å². The maximum atomic E-state index is 13.6. The monoisotopic (exact) mass is 499 g/mol. The van der Waals surface area contributed by atoms with Crippen molar-refractivity contribution in [3.05, 3.63) is 88.3 Å². The molecule has 1 saturated heterocycles. The predicted molar refractivity (Wildman–Crippen MR) is 129 cm³/mol. The summed E-state index contributed by atoms with van der Waals surface area (Å²) in [5.41, 5.74) is 0.665. The molecule has 34 heavy (non-hydrogen) atoms. The summed E-state index contributed by atoms with van der Waals surface area (Å²) in [4.78, 5) is 22.7. The molecule has 3 aromatic carbocycles. The van der Waals surface area contributed by atoms with Gasteiger partial charge in [-0.25, -0.2) is 4.99 Å². The van der Waals surface area contributed by atoms with E-state index in [0.29, 0.717) is 15.6 Å². The Bertz CT molecular complexity index is 1350. The molecule has 5 rings (SSSR count). The molecule has 1 amide bonds. The van der Waals surface area contributed by atoms with Gasteiger partial charge < -0.3 is 10.0 Å². The molecule has 5 nitrogen and oxygen atoms in total. The van der Waals surface area contributed by atoms with Gasteiger partial charge in [-0.1, -0.05) is 30.0 Å². The first-order valence-electron chi connectivity index (χ1n) is 10.0. The molecule has 0 saturated carbocycles. The molecule has 2 aliphatic heterocycles. The standard InChI is InChI=1S/C24H16F3N3O2S2/c1-29-18-7-2-3-8-19(18)33-22(29)20-21(32)30(16-9-11-17(31)12-10-16)23(34-20)28-15-6-4-5-14(13-15)24(25,26)27/h2-13,31H,1H3/b22-20-,28-23?. The number of aliphatic imine (C=N–C) groups is 1. The number of benzene rings is 3. The van der Waals surface area contributed by atoms with Crippen LogP contribution in [0.5, 0.6) is 5.75 Å². The Labute approximate surface area is 201 Å². The number of alkyl halides is 3. The molecule has 1 N–H and O–H groups in total. The van der Waals surface area contributed by atoms with Crippen molar-refractivity contribution in [2.75, 3.05) is 16.8 Å². The van der Waals surface area contributed by atoms with E-state index in [9.17, 15) is 23.1 Å². The minimum Gasteiger partial charge on any atom is -0.508 e. The second-order valence-electron chi connectivity index (χ2n) is 7.46. The molecule has 0 spiro atoms. The SMILES string of the molecule is CN1/C(=C2/SC(=Nc3cccc(C(F)(F)F)c3)N(c3ccc(O)cc3)C2=O)Sc2ccccc21. The maximum absolute atomic E-state index is 13.6. The minimum atomic E-state index is -4.51. The van der Waals surface area contributed by atoms with Gasteiger partial charge in [0.25, 0.3) is 5.91 Å². The number of fused-ring (bicyclic) bond motifs is 1. The lowest BCUT2D eigenvalue weighted by atomic mass is 10.2. The van der Waals surface area contributed by atoms with E-state index in [2.05, 4.69) is 4.99 Å². The lowest BCUT2D eigenvalue weighted by Gasteiger charge is -2.17. The van der Waals surface area contributed by atoms with Gasteiger partial charge in [0.2, 0.25) is 0 Å². The number of carbonyl (C=O) groups excluding carboxylic acids is 1. The second kappa shape index (κ2) is 8.44. The van der Waals surface area contributed by atoms with E-state index in [4.69, 9.17) is 0 Å². The van der Waals surface area contributed by atoms with Crippen LogP contribution in [0.3, 0.4) is 0 Å². The molecular weight excluding hydrogens is 483 g/mol. The van der Waals surface area contributed by atoms with E-state index in [1.54, 1.807) is 12.1 Å². The van der Waals surface area contributed by atoms with Gasteiger partial charge in [-0.05, 0) is 66.4 Å². The number of halogens is 3. The summed E-state index contributed by atoms with van der Waals surface area (Å²) < 4.78 is 39.6. The van der Waals surface area contributed by atoms with Crippen molar-refractivity contribution in [1.29, 1.82) is 0 Å². The summed E-state index contributed by atoms with van der Waals surface area (Å²) in [5, 5.41) is 10.6. The zero-order valence-corrected chi connectivity index (χ0v) is 19.2. The van der Waals surface area contributed by atoms with Crippen LogP contribution < -0.4 is 9.80 Å². The van der Waals surface area contributed by atoms with E-state index in [1.807, 2.05) is 36.2 Å². The van der Waals surface area contributed by atoms with E-state index >= 15 is 0 Å². The third kappa shape index (κ3) is 4.03. The Morgan fingerprint density at radius 1 is 0.941 bits per heavy atom. The van der Waals surface area contributed by atoms with Crippen molar-refractivity contribution in [3.8, 4) is 5.75 Å². The quantitative estimate of drug-likeness (QED) is 0.403. The van der Waals surface area contributed by atoms with Crippen LogP contribution in [0, 0.1) is 0 Å². The summed E-state index contributed by atoms with van der Waals surface area (Å²) >= 11 is 2.56. The predicted octanol–water partition coefficient (Wildman–Crippen LogP) is 6.59. The van der Waals surface area contributed by atoms with Crippen LogP contribution in [0.15, 0.2) is 92.6 Å². The largest absolute Gasteiger partial charge is 0.508 e. The third-order valence-corrected chi connectivity index (χ3v) is 7.61. The van der Waals surface area contributed by atoms with Crippen molar-refractivity contribution in [2.24, 2.45) is 4.99 Å². The maximum Gasteiger partial charge on any atom is 0.416 e. The number of phenolic OH excluding ortho intramolecular Hbond substituents is 1. The Hall–Kier alpha value is -3.37. The first-order chi connectivity index (χ1) is 16.2. The molecule has 0 bridgehead atoms. The zero-order valence-electron chi connectivity index (χ0n) is 17.6. The number of thioether (sulfide) groups is 2. The first kappa shape index (κ1) is 22.4. The molecule has 2 heterocycles. The number of rotatable bonds is 2. The van der Waals surface area contributed by atoms with E-state index in [-0.39, 0.29) is 22.5 Å². The average Bonchev–Trinajstić information content (AvgIpc) is 3.30. The highest BCUT2D eigenvalue weighted by molar-refractivity contribution is 8.20. The topological polar surface area (TPSA) is 56.1 Å². The lowest BCUT2D eigenvalue weighted by molar-refractivity contribution is -0.137. The molecule has 172 valence electrons. The smallest absolute Gasteiger partial charge is 0.416 e. The molecule has 0 unspecified atom stereocenters. The van der Waals surface area contributed by atoms with Gasteiger partial charge >= 0.3 is 6.18 Å². The Balaban J connectivity index is 1.61. The number of para-hydroxylation sites is 1. The fourth-order valence-electron chi connectivity index (χ4n) is 3.57. The Morgan fingerprint density at radius 2 is 1.68 bits per heavy atom. The Morgan fingerprint density at radius 3 is 2.38 bits per heavy atom. The van der Waals surface area contributed by atoms with Gasteiger partial charge in [-0.2, -0.15) is 13.2 Å². The number of aromatic hydroxyl groups is 1. The van der Waals surface area contributed by atoms with Crippen molar-refractivity contribution in [2.45, 2.75) is 11.1 Å². The van der Waals surface area contributed by atoms with Crippen LogP contribution in [0.2, 0.25) is 0 Å². The number of amidine groups is 1. The summed E-state index contributed by atoms with van der Waals surface area (Å²) in [7, 11) is 1.86. The highest BCUT2D eigenvalue weighted by Crippen LogP contribution is 2.50. The first-order valence-corrected chi connectivity index (χ1v) is 11.7. The normalized spacial score (nSPS) is 19.3. The number of phenols is 1. The fourth-order valence-corrected chi connectivity index (χ4v) is 5.92. The van der Waals surface area contributed by atoms with Crippen molar-refractivity contribution in [3.63, 3.8) is 0 Å². The minimum absolute atomic E-state index is 0.0273. The average molecular weight is 500 g/mol. The molecule has 0 radical (unpaired) electrons. The van der Waals surface area contributed by atoms with Crippen LogP contribution in [0.1, 0.15) is 5.56 Å². The highest BCUT2D eigenvalue weighted by Gasteiger charge is 2.40. The van der Waals surface area contributed by atoms with Gasteiger partial charge in [0.05, 0.1) is 27.7 Å². The van der Waals surface area contributed by atoms with Crippen molar-refractivity contribution >= 4 is 51.7 Å². The molecule has 0 aliphatic carbocycles. The molecule has 2 aliphatic rings. The van der Waals surface area contributed by atoms with Gasteiger partial charge in [-0.15, -0.1) is 0 Å². The lowest BCUT2D eigenvalue weighted by Crippen LogP contribution is -2.29. The van der Waals surface area contributed by atoms with Gasteiger partial charge in [0, 0.05) is 11.9 Å². The summed E-state index contributed by atoms with van der Waals surface area (Å²) in [6, 6.07) is 18.4. The molecule has 0 atom stereocenters. The molecule has 0 aromatic heterocycles. The van der Waals surface area contributed by atoms with Crippen LogP contribution in [-0.2, 0) is 11.0 Å². The summed E-state index contributed by atoms with van der Waals surface area (Å²) in [6.07, 6.45) is -4.51. The second-order valence-corrected chi connectivity index (χ2v) is 9.47. The number of nitrogens with zero attached hydrogens (tertiary/aromatic N) is 3. The third-order valence-electron chi connectivity index (χ3n) is 5.22. The number of carbonyl (C=O) groups is 1. The number of amides is 1. The zero-order chi connectivity index (χ0) is 24.0. The van der Waals surface area contributed by atoms with E-state index in [0.717, 1.165) is 34.5 Å². The fraction of sp³-hybridized carbons (Fsp3) is 0.0833. The molecule has 3 aromatic rings. The van der Waals surface area contributed by atoms with E-state index in [1.165, 1.54) is 40.9 Å². The summed E-state index contributed by atoms with van der Waals surface area (Å²) in [5.74, 6) is -0.317. The Kier molecular flexibility index (Phi) is 5.57. The highest BCUT2D eigenvalue weighted by atomic mass is 32.2. The van der Waals surface area contributed by atoms with E-state index < -0.39 is 11.7 Å². The van der Waals surface area contributed by atoms with Crippen LogP contribution in [0.25, 0.3) is 0 Å². The number of anilines is 2. The molecule has 10 heteroatoms. The van der Waals surface area contributed by atoms with Crippen molar-refractivity contribution < 1.29 is 23.1 Å². The number of hydrogen-bond donors (Lipinski definition) is 1. The van der Waals surface area contributed by atoms with Crippen LogP contribution in [-0.4, -0.2) is 23.2 Å². The van der Waals surface area contributed by atoms with Crippen molar-refractivity contribution in [1.82, 2.24) is 0 Å². The van der Waals surface area contributed by atoms with Gasteiger partial charge in [-0.3, -0.25) is 9.69 Å². The molecular formula is C24H16F3N3O2S2. The number of hydrogen-bond acceptors (Lipinski definition) is 6.